The molecule has 4 aromatic rings. The van der Waals surface area contributed by atoms with Gasteiger partial charge in [-0.3, -0.25) is 0 Å². The van der Waals surface area contributed by atoms with E-state index in [1.54, 1.807) is 0 Å². The van der Waals surface area contributed by atoms with Gasteiger partial charge in [-0.2, -0.15) is 10.4 Å². The lowest BCUT2D eigenvalue weighted by molar-refractivity contribution is 0.311. The van der Waals surface area contributed by atoms with E-state index in [9.17, 15) is 5.26 Å². The van der Waals surface area contributed by atoms with E-state index < -0.39 is 5.41 Å². The van der Waals surface area contributed by atoms with E-state index in [1.807, 2.05) is 42.5 Å². The van der Waals surface area contributed by atoms with Crippen LogP contribution in [0.2, 0.25) is 0 Å². The number of H-pyrrole nitrogens is 1. The van der Waals surface area contributed by atoms with Gasteiger partial charge in [0.2, 0.25) is 0 Å². The molecule has 6 rings (SSSR count). The Kier molecular flexibility index (Phi) is 3.94. The summed E-state index contributed by atoms with van der Waals surface area (Å²) in [7, 11) is 0. The number of nitrogens with zero attached hydrogens (tertiary/aromatic N) is 5. The molecule has 0 saturated carbocycles. The summed E-state index contributed by atoms with van der Waals surface area (Å²) in [6.07, 6.45) is 3.84. The maximum atomic E-state index is 10.6. The molecule has 6 nitrogen and oxygen atoms in total. The lowest BCUT2D eigenvalue weighted by Gasteiger charge is -2.48. The lowest BCUT2D eigenvalue weighted by atomic mass is 9.69. The Labute approximate surface area is 181 Å². The maximum Gasteiger partial charge on any atom is 0.139 e. The van der Waals surface area contributed by atoms with Crippen LogP contribution in [0.4, 0.5) is 5.82 Å². The van der Waals surface area contributed by atoms with Crippen LogP contribution in [0.25, 0.3) is 16.7 Å². The second-order valence-corrected chi connectivity index (χ2v) is 8.70. The molecule has 0 aliphatic carbocycles. The van der Waals surface area contributed by atoms with Crippen LogP contribution in [-0.2, 0) is 11.8 Å². The van der Waals surface area contributed by atoms with Crippen molar-refractivity contribution in [2.75, 3.05) is 11.4 Å². The minimum Gasteiger partial charge on any atom is -0.351 e. The number of aromatic nitrogens is 4. The molecule has 0 bridgehead atoms. The first-order valence-electron chi connectivity index (χ1n) is 11.0. The molecule has 0 amide bonds. The Morgan fingerprint density at radius 2 is 1.90 bits per heavy atom. The molecular weight excluding hydrogens is 384 g/mol. The molecule has 2 aromatic carbocycles. The highest BCUT2D eigenvalue weighted by Crippen LogP contribution is 2.47. The number of hydrogen-bond acceptors (Lipinski definition) is 4. The number of imidazole rings is 1. The van der Waals surface area contributed by atoms with Gasteiger partial charge in [0.25, 0.3) is 0 Å². The molecule has 1 saturated heterocycles. The van der Waals surface area contributed by atoms with E-state index in [1.165, 1.54) is 0 Å². The number of rotatable bonds is 2. The first kappa shape index (κ1) is 18.2. The summed E-state index contributed by atoms with van der Waals surface area (Å²) in [5.41, 5.74) is 4.38. The third-order valence-electron chi connectivity index (χ3n) is 6.97. The van der Waals surface area contributed by atoms with Gasteiger partial charge in [-0.25, -0.2) is 9.67 Å². The molecule has 1 fully saturated rings. The third kappa shape index (κ3) is 2.56. The smallest absolute Gasteiger partial charge is 0.139 e. The molecule has 2 aliphatic heterocycles. The number of fused-ring (bicyclic) bond motifs is 4. The molecular formula is C25H24N6. The first-order valence-corrected chi connectivity index (χ1v) is 11.0. The molecule has 6 heteroatoms. The summed E-state index contributed by atoms with van der Waals surface area (Å²) in [6, 6.07) is 21.1. The topological polar surface area (TPSA) is 73.5 Å². The van der Waals surface area contributed by atoms with Gasteiger partial charge in [-0.1, -0.05) is 30.3 Å². The van der Waals surface area contributed by atoms with E-state index >= 15 is 0 Å². The minimum atomic E-state index is -0.720. The highest BCUT2D eigenvalue weighted by Gasteiger charge is 2.53. The Morgan fingerprint density at radius 3 is 2.71 bits per heavy atom. The second-order valence-electron chi connectivity index (χ2n) is 8.70. The fraction of sp³-hybridized carbons (Fsp3) is 0.320. The highest BCUT2D eigenvalue weighted by atomic mass is 15.4. The average Bonchev–Trinajstić information content (AvgIpc) is 3.40. The quantitative estimate of drug-likeness (QED) is 0.532. The van der Waals surface area contributed by atoms with Crippen LogP contribution in [0.15, 0.2) is 54.6 Å². The fourth-order valence-corrected chi connectivity index (χ4v) is 5.47. The predicted octanol–water partition coefficient (Wildman–Crippen LogP) is 4.43. The number of benzene rings is 2. The van der Waals surface area contributed by atoms with Crippen LogP contribution in [0.3, 0.4) is 0 Å². The van der Waals surface area contributed by atoms with E-state index in [0.717, 1.165) is 65.4 Å². The molecule has 0 radical (unpaired) electrons. The minimum absolute atomic E-state index is 0.0675. The standard InChI is InChI=1S/C25H24N6/c1-17-19-15-25(16-26,24-27-20-11-5-6-12-21(20)28-24)22-13-7-8-14-30(22)23(19)31(29-17)18-9-3-2-4-10-18/h2-6,9-12,22H,7-8,13-15H2,1H3,(H,27,28). The first-order chi connectivity index (χ1) is 15.2. The van der Waals surface area contributed by atoms with Crippen LogP contribution < -0.4 is 4.90 Å². The number of para-hydroxylation sites is 3. The summed E-state index contributed by atoms with van der Waals surface area (Å²) >= 11 is 0. The Bertz CT molecular complexity index is 1280. The van der Waals surface area contributed by atoms with E-state index in [-0.39, 0.29) is 6.04 Å². The molecule has 2 aromatic heterocycles. The van der Waals surface area contributed by atoms with Crippen molar-refractivity contribution in [1.82, 2.24) is 19.7 Å². The van der Waals surface area contributed by atoms with Crippen LogP contribution in [0.1, 0.15) is 36.3 Å². The van der Waals surface area contributed by atoms with Crippen molar-refractivity contribution in [3.8, 4) is 11.8 Å². The number of aryl methyl sites for hydroxylation is 1. The van der Waals surface area contributed by atoms with Gasteiger partial charge in [-0.15, -0.1) is 0 Å². The largest absolute Gasteiger partial charge is 0.351 e. The zero-order valence-corrected chi connectivity index (χ0v) is 17.5. The maximum absolute atomic E-state index is 10.6. The molecule has 1 N–H and O–H groups in total. The molecule has 31 heavy (non-hydrogen) atoms. The Balaban J connectivity index is 1.57. The number of anilines is 1. The van der Waals surface area contributed by atoms with E-state index in [2.05, 4.69) is 39.7 Å². The van der Waals surface area contributed by atoms with Gasteiger partial charge in [0, 0.05) is 18.5 Å². The Hall–Kier alpha value is -3.59. The lowest BCUT2D eigenvalue weighted by Crippen LogP contribution is -2.57. The summed E-state index contributed by atoms with van der Waals surface area (Å²) in [5, 5.41) is 15.6. The number of aromatic amines is 1. The van der Waals surface area contributed by atoms with Crippen molar-refractivity contribution in [2.24, 2.45) is 0 Å². The van der Waals surface area contributed by atoms with Crippen molar-refractivity contribution in [1.29, 1.82) is 5.26 Å². The van der Waals surface area contributed by atoms with Gasteiger partial charge in [-0.05, 0) is 50.5 Å². The molecule has 2 atom stereocenters. The normalized spacial score (nSPS) is 22.7. The van der Waals surface area contributed by atoms with Crippen LogP contribution in [0, 0.1) is 18.3 Å². The van der Waals surface area contributed by atoms with Crippen LogP contribution >= 0.6 is 0 Å². The van der Waals surface area contributed by atoms with Crippen LogP contribution in [-0.4, -0.2) is 32.3 Å². The molecule has 154 valence electrons. The van der Waals surface area contributed by atoms with Crippen LogP contribution in [0.5, 0.6) is 0 Å². The highest BCUT2D eigenvalue weighted by molar-refractivity contribution is 5.75. The van der Waals surface area contributed by atoms with Gasteiger partial charge < -0.3 is 9.88 Å². The summed E-state index contributed by atoms with van der Waals surface area (Å²) in [6.45, 7) is 2.99. The molecule has 0 spiro atoms. The fourth-order valence-electron chi connectivity index (χ4n) is 5.47. The van der Waals surface area contributed by atoms with Crippen molar-refractivity contribution in [3.63, 3.8) is 0 Å². The predicted molar refractivity (Wildman–Crippen MR) is 120 cm³/mol. The molecule has 2 aliphatic rings. The van der Waals surface area contributed by atoms with Gasteiger partial charge in [0.05, 0.1) is 34.5 Å². The summed E-state index contributed by atoms with van der Waals surface area (Å²) in [4.78, 5) is 10.8. The summed E-state index contributed by atoms with van der Waals surface area (Å²) in [5.74, 6) is 1.93. The number of piperidine rings is 1. The molecule has 2 unspecified atom stereocenters. The zero-order valence-electron chi connectivity index (χ0n) is 17.5. The molecule has 4 heterocycles. The Morgan fingerprint density at radius 1 is 1.10 bits per heavy atom. The number of nitrogens with one attached hydrogen (secondary N) is 1. The average molecular weight is 409 g/mol. The van der Waals surface area contributed by atoms with E-state index in [0.29, 0.717) is 6.42 Å². The van der Waals surface area contributed by atoms with E-state index in [4.69, 9.17) is 10.1 Å². The van der Waals surface area contributed by atoms with Gasteiger partial charge in [0.1, 0.15) is 17.1 Å². The number of nitriles is 1. The van der Waals surface area contributed by atoms with Gasteiger partial charge >= 0.3 is 0 Å². The third-order valence-corrected chi connectivity index (χ3v) is 6.97. The van der Waals surface area contributed by atoms with Crippen molar-refractivity contribution in [3.05, 3.63) is 71.7 Å². The number of hydrogen-bond donors (Lipinski definition) is 1. The van der Waals surface area contributed by atoms with Gasteiger partial charge in [0.15, 0.2) is 0 Å². The van der Waals surface area contributed by atoms with Crippen molar-refractivity contribution >= 4 is 16.9 Å². The van der Waals surface area contributed by atoms with Crippen molar-refractivity contribution < 1.29 is 0 Å². The SMILES string of the molecule is Cc1nn(-c2ccccc2)c2c1CC(C#N)(c1nc3ccccc3[nH]1)C1CCCCN21. The zero-order chi connectivity index (χ0) is 21.0. The second kappa shape index (κ2) is 6.71. The monoisotopic (exact) mass is 408 g/mol. The van der Waals surface area contributed by atoms with Crippen molar-refractivity contribution in [2.45, 2.75) is 44.1 Å². The summed E-state index contributed by atoms with van der Waals surface area (Å²) < 4.78 is 2.07.